The van der Waals surface area contributed by atoms with Gasteiger partial charge >= 0.3 is 0 Å². The number of hydrogen-bond acceptors (Lipinski definition) is 5. The second kappa shape index (κ2) is 7.72. The molecule has 2 aromatic carbocycles. The average molecular weight is 379 g/mol. The van der Waals surface area contributed by atoms with Gasteiger partial charge in [-0.05, 0) is 37.6 Å². The van der Waals surface area contributed by atoms with Crippen molar-refractivity contribution in [2.24, 2.45) is 0 Å². The fraction of sp³-hybridized carbons (Fsp3) is 0.143. The molecule has 2 N–H and O–H groups in total. The molecule has 0 saturated carbocycles. The van der Waals surface area contributed by atoms with Crippen LogP contribution in [0.25, 0.3) is 23.4 Å². The van der Waals surface area contributed by atoms with E-state index in [0.717, 1.165) is 11.1 Å². The second-order valence-corrected chi connectivity index (χ2v) is 8.89. The zero-order chi connectivity index (χ0) is 19.4. The van der Waals surface area contributed by atoms with Gasteiger partial charge in [-0.25, -0.2) is 18.4 Å². The Kier molecular flexibility index (Phi) is 5.37. The number of benzene rings is 2. The first-order chi connectivity index (χ1) is 12.9. The van der Waals surface area contributed by atoms with Gasteiger partial charge in [0.2, 0.25) is 0 Å². The molecule has 0 fully saturated rings. The molecular weight excluding hydrogens is 358 g/mol. The number of hydrogen-bond donors (Lipinski definition) is 1. The Hall–Kier alpha value is -2.99. The first kappa shape index (κ1) is 18.8. The highest BCUT2D eigenvalue weighted by Gasteiger charge is 2.19. The summed E-state index contributed by atoms with van der Waals surface area (Å²) >= 11 is 0. The fourth-order valence-corrected chi connectivity index (χ4v) is 3.56. The van der Waals surface area contributed by atoms with Gasteiger partial charge in [-0.15, -0.1) is 0 Å². The van der Waals surface area contributed by atoms with Gasteiger partial charge in [0.25, 0.3) is 0 Å². The third-order valence-electron chi connectivity index (χ3n) is 4.16. The summed E-state index contributed by atoms with van der Waals surface area (Å²) in [5, 5.41) is -0.464. The number of sulfone groups is 1. The molecule has 5 nitrogen and oxygen atoms in total. The van der Waals surface area contributed by atoms with E-state index < -0.39 is 15.1 Å². The van der Waals surface area contributed by atoms with Crippen molar-refractivity contribution in [3.05, 3.63) is 72.1 Å². The van der Waals surface area contributed by atoms with Crippen molar-refractivity contribution < 1.29 is 8.42 Å². The largest absolute Gasteiger partial charge is 0.382 e. The van der Waals surface area contributed by atoms with E-state index in [1.54, 1.807) is 44.3 Å². The van der Waals surface area contributed by atoms with Crippen molar-refractivity contribution in [2.45, 2.75) is 24.0 Å². The van der Waals surface area contributed by atoms with Crippen LogP contribution in [0.1, 0.15) is 25.1 Å². The van der Waals surface area contributed by atoms with E-state index in [9.17, 15) is 8.42 Å². The maximum atomic E-state index is 12.2. The molecule has 138 valence electrons. The van der Waals surface area contributed by atoms with Crippen LogP contribution < -0.4 is 5.73 Å². The summed E-state index contributed by atoms with van der Waals surface area (Å²) < 4.78 is 24.5. The Bertz CT molecular complexity index is 1060. The number of rotatable bonds is 5. The number of aromatic nitrogens is 2. The number of nitrogen functional groups attached to an aromatic ring is 1. The van der Waals surface area contributed by atoms with Crippen molar-refractivity contribution in [3.8, 4) is 11.3 Å². The van der Waals surface area contributed by atoms with E-state index in [1.165, 1.54) is 0 Å². The van der Waals surface area contributed by atoms with Crippen LogP contribution in [0.15, 0.2) is 65.7 Å². The minimum Gasteiger partial charge on any atom is -0.382 e. The smallest absolute Gasteiger partial charge is 0.180 e. The van der Waals surface area contributed by atoms with Crippen LogP contribution in [0.4, 0.5) is 5.82 Å². The first-order valence-electron chi connectivity index (χ1n) is 8.58. The van der Waals surface area contributed by atoms with Gasteiger partial charge < -0.3 is 5.73 Å². The molecule has 0 radical (unpaired) electrons. The predicted molar refractivity (Wildman–Crippen MR) is 110 cm³/mol. The standard InChI is InChI=1S/C21H21N3O2S/c1-15(2)27(25,26)18-11-9-17(10-12-18)20-14-23-21(22)19(24-20)13-8-16-6-4-3-5-7-16/h3-15H,1-2H3,(H2,22,23). The van der Waals surface area contributed by atoms with Crippen molar-refractivity contribution in [2.75, 3.05) is 5.73 Å². The van der Waals surface area contributed by atoms with Crippen molar-refractivity contribution in [3.63, 3.8) is 0 Å². The van der Waals surface area contributed by atoms with Crippen molar-refractivity contribution in [1.29, 1.82) is 0 Å². The van der Waals surface area contributed by atoms with Gasteiger partial charge in [-0.3, -0.25) is 0 Å². The van der Waals surface area contributed by atoms with E-state index in [2.05, 4.69) is 9.97 Å². The molecule has 1 aromatic heterocycles. The molecule has 0 atom stereocenters. The van der Waals surface area contributed by atoms with Crippen LogP contribution >= 0.6 is 0 Å². The third-order valence-corrected chi connectivity index (χ3v) is 6.33. The summed E-state index contributed by atoms with van der Waals surface area (Å²) in [5.41, 5.74) is 8.95. The SMILES string of the molecule is CC(C)S(=O)(=O)c1ccc(-c2cnc(N)c(C=Cc3ccccc3)n2)cc1. The molecular formula is C21H21N3O2S. The van der Waals surface area contributed by atoms with Gasteiger partial charge in [0, 0.05) is 5.56 Å². The molecule has 0 unspecified atom stereocenters. The summed E-state index contributed by atoms with van der Waals surface area (Å²) in [4.78, 5) is 9.07. The number of nitrogens with two attached hydrogens (primary N) is 1. The Morgan fingerprint density at radius 3 is 2.26 bits per heavy atom. The van der Waals surface area contributed by atoms with Gasteiger partial charge in [0.05, 0.1) is 22.0 Å². The van der Waals surface area contributed by atoms with E-state index >= 15 is 0 Å². The highest BCUT2D eigenvalue weighted by atomic mass is 32.2. The predicted octanol–water partition coefficient (Wildman–Crippen LogP) is 4.08. The minimum atomic E-state index is -3.30. The van der Waals surface area contributed by atoms with Crippen LogP contribution in [0.3, 0.4) is 0 Å². The lowest BCUT2D eigenvalue weighted by molar-refractivity contribution is 0.587. The number of anilines is 1. The molecule has 1 heterocycles. The molecule has 3 rings (SSSR count). The maximum absolute atomic E-state index is 12.2. The van der Waals surface area contributed by atoms with E-state index in [1.807, 2.05) is 42.5 Å². The van der Waals surface area contributed by atoms with Crippen LogP contribution in [-0.2, 0) is 9.84 Å². The highest BCUT2D eigenvalue weighted by Crippen LogP contribution is 2.23. The van der Waals surface area contributed by atoms with Crippen LogP contribution in [-0.4, -0.2) is 23.6 Å². The zero-order valence-electron chi connectivity index (χ0n) is 15.2. The molecule has 0 aliphatic heterocycles. The molecule has 27 heavy (non-hydrogen) atoms. The molecule has 0 spiro atoms. The first-order valence-corrected chi connectivity index (χ1v) is 10.1. The lowest BCUT2D eigenvalue weighted by atomic mass is 10.1. The maximum Gasteiger partial charge on any atom is 0.180 e. The Labute approximate surface area is 159 Å². The third kappa shape index (κ3) is 4.23. The summed E-state index contributed by atoms with van der Waals surface area (Å²) in [5.74, 6) is 0.338. The quantitative estimate of drug-likeness (QED) is 0.722. The topological polar surface area (TPSA) is 85.9 Å². The van der Waals surface area contributed by atoms with E-state index in [-0.39, 0.29) is 0 Å². The molecule has 3 aromatic rings. The van der Waals surface area contributed by atoms with Crippen LogP contribution in [0.5, 0.6) is 0 Å². The summed E-state index contributed by atoms with van der Waals surface area (Å²) in [6.07, 6.45) is 5.32. The van der Waals surface area contributed by atoms with Gasteiger partial charge in [-0.1, -0.05) is 48.5 Å². The van der Waals surface area contributed by atoms with E-state index in [4.69, 9.17) is 5.73 Å². The van der Waals surface area contributed by atoms with E-state index in [0.29, 0.717) is 22.1 Å². The van der Waals surface area contributed by atoms with Gasteiger partial charge in [-0.2, -0.15) is 0 Å². The normalized spacial score (nSPS) is 12.0. The van der Waals surface area contributed by atoms with Crippen molar-refractivity contribution in [1.82, 2.24) is 9.97 Å². The summed E-state index contributed by atoms with van der Waals surface area (Å²) in [6, 6.07) is 16.5. The average Bonchev–Trinajstić information content (AvgIpc) is 2.68. The second-order valence-electron chi connectivity index (χ2n) is 6.39. The highest BCUT2D eigenvalue weighted by molar-refractivity contribution is 7.92. The lowest BCUT2D eigenvalue weighted by Gasteiger charge is -2.09. The van der Waals surface area contributed by atoms with Gasteiger partial charge in [0.15, 0.2) is 9.84 Å². The Morgan fingerprint density at radius 1 is 0.963 bits per heavy atom. The molecule has 6 heteroatoms. The Balaban J connectivity index is 1.91. The summed E-state index contributed by atoms with van der Waals surface area (Å²) in [6.45, 7) is 3.33. The van der Waals surface area contributed by atoms with Crippen LogP contribution in [0, 0.1) is 0 Å². The molecule has 0 saturated heterocycles. The molecule has 0 amide bonds. The molecule has 0 aliphatic rings. The fourth-order valence-electron chi connectivity index (χ4n) is 2.50. The van der Waals surface area contributed by atoms with Gasteiger partial charge in [0.1, 0.15) is 11.5 Å². The zero-order valence-corrected chi connectivity index (χ0v) is 16.0. The lowest BCUT2D eigenvalue weighted by Crippen LogP contribution is -2.13. The minimum absolute atomic E-state index is 0.300. The van der Waals surface area contributed by atoms with Crippen molar-refractivity contribution >= 4 is 27.8 Å². The number of nitrogens with zero attached hydrogens (tertiary/aromatic N) is 2. The molecule has 0 aliphatic carbocycles. The summed E-state index contributed by atoms with van der Waals surface area (Å²) in [7, 11) is -3.30. The molecule has 0 bridgehead atoms. The Morgan fingerprint density at radius 2 is 1.63 bits per heavy atom. The monoisotopic (exact) mass is 379 g/mol. The van der Waals surface area contributed by atoms with Crippen LogP contribution in [0.2, 0.25) is 0 Å².